The van der Waals surface area contributed by atoms with Crippen molar-refractivity contribution in [2.24, 2.45) is 0 Å². The molecule has 0 saturated heterocycles. The first-order valence-corrected chi connectivity index (χ1v) is 9.57. The van der Waals surface area contributed by atoms with E-state index in [1.54, 1.807) is 0 Å². The molecule has 0 aliphatic carbocycles. The van der Waals surface area contributed by atoms with Crippen molar-refractivity contribution >= 4 is 38.9 Å². The average Bonchev–Trinajstić information content (AvgIpc) is 3.01. The molecule has 27 heavy (non-hydrogen) atoms. The number of hydrogen-bond acceptors (Lipinski definition) is 2. The van der Waals surface area contributed by atoms with Crippen LogP contribution in [0, 0.1) is 0 Å². The van der Waals surface area contributed by atoms with Crippen LogP contribution in [0.3, 0.4) is 0 Å². The fraction of sp³-hybridized carbons (Fsp3) is 0.174. The largest absolute Gasteiger partial charge is 1.00 e. The molecule has 0 amide bonds. The molecule has 0 N–H and O–H groups in total. The van der Waals surface area contributed by atoms with E-state index in [0.29, 0.717) is 0 Å². The third kappa shape index (κ3) is 4.96. The number of anilines is 1. The Morgan fingerprint density at radius 2 is 1.81 bits per heavy atom. The first-order valence-electron chi connectivity index (χ1n) is 8.75. The molecule has 1 heterocycles. The van der Waals surface area contributed by atoms with Crippen LogP contribution in [0.2, 0.25) is 0 Å². The summed E-state index contributed by atoms with van der Waals surface area (Å²) in [6, 6.07) is 17.1. The fourth-order valence-electron chi connectivity index (χ4n) is 2.90. The second kappa shape index (κ2) is 9.67. The van der Waals surface area contributed by atoms with E-state index < -0.39 is 0 Å². The first-order chi connectivity index (χ1) is 12.6. The smallest absolute Gasteiger partial charge is 0.265 e. The van der Waals surface area contributed by atoms with Crippen LogP contribution in [0.1, 0.15) is 17.5 Å². The van der Waals surface area contributed by atoms with E-state index in [9.17, 15) is 0 Å². The molecule has 3 rings (SSSR count). The molecule has 0 bridgehead atoms. The molecular formula is C23H25BrN2S. The highest BCUT2D eigenvalue weighted by atomic mass is 79.9. The van der Waals surface area contributed by atoms with E-state index in [4.69, 9.17) is 0 Å². The van der Waals surface area contributed by atoms with Gasteiger partial charge in [-0.15, -0.1) is 0 Å². The van der Waals surface area contributed by atoms with E-state index in [1.807, 2.05) is 17.4 Å². The van der Waals surface area contributed by atoms with Gasteiger partial charge >= 0.3 is 0 Å². The topological polar surface area (TPSA) is 7.12 Å². The molecule has 3 aromatic rings. The van der Waals surface area contributed by atoms with Gasteiger partial charge in [0.2, 0.25) is 5.52 Å². The lowest BCUT2D eigenvalue weighted by atomic mass is 10.1. The van der Waals surface area contributed by atoms with Crippen molar-refractivity contribution in [3.63, 3.8) is 0 Å². The summed E-state index contributed by atoms with van der Waals surface area (Å²) in [6.07, 6.45) is 8.42. The van der Waals surface area contributed by atoms with E-state index in [-0.39, 0.29) is 17.0 Å². The van der Waals surface area contributed by atoms with E-state index >= 15 is 0 Å². The lowest BCUT2D eigenvalue weighted by molar-refractivity contribution is -0.658. The molecule has 0 aliphatic rings. The van der Waals surface area contributed by atoms with Crippen LogP contribution < -0.4 is 26.4 Å². The number of thiazole rings is 1. The van der Waals surface area contributed by atoms with Gasteiger partial charge in [0.25, 0.3) is 5.01 Å². The molecule has 140 valence electrons. The molecule has 0 spiro atoms. The van der Waals surface area contributed by atoms with Crippen molar-refractivity contribution in [2.75, 3.05) is 19.0 Å². The van der Waals surface area contributed by atoms with E-state index in [1.165, 1.54) is 32.0 Å². The minimum atomic E-state index is 0. The van der Waals surface area contributed by atoms with E-state index in [0.717, 1.165) is 6.54 Å². The summed E-state index contributed by atoms with van der Waals surface area (Å²) >= 11 is 1.83. The normalized spacial score (nSPS) is 11.6. The number of nitrogens with zero attached hydrogens (tertiary/aromatic N) is 2. The maximum atomic E-state index is 3.91. The molecule has 2 nitrogen and oxygen atoms in total. The molecule has 2 aromatic carbocycles. The summed E-state index contributed by atoms with van der Waals surface area (Å²) in [4.78, 5) is 2.11. The Labute approximate surface area is 176 Å². The van der Waals surface area contributed by atoms with Crippen molar-refractivity contribution in [2.45, 2.75) is 13.5 Å². The van der Waals surface area contributed by atoms with Crippen LogP contribution in [0.4, 0.5) is 5.69 Å². The van der Waals surface area contributed by atoms with Gasteiger partial charge in [-0.25, -0.2) is 0 Å². The minimum absolute atomic E-state index is 0. The third-order valence-corrected chi connectivity index (χ3v) is 5.60. The predicted octanol–water partition coefficient (Wildman–Crippen LogP) is 2.56. The number of halogens is 1. The Morgan fingerprint density at radius 1 is 1.11 bits per heavy atom. The van der Waals surface area contributed by atoms with Crippen molar-refractivity contribution in [3.05, 3.63) is 83.9 Å². The highest BCUT2D eigenvalue weighted by Crippen LogP contribution is 2.25. The van der Waals surface area contributed by atoms with Gasteiger partial charge < -0.3 is 21.9 Å². The second-order valence-corrected chi connectivity index (χ2v) is 7.50. The standard InChI is InChI=1S/C23H25N2S.BrH/c1-5-17-25-21-11-6-7-12-22(21)26-23(25)18(2)9-8-10-19-13-15-20(16-14-19)24(3)4;/h5-16H,1,17H2,2-4H3;1H/q+1;/p-1. The number of benzene rings is 2. The lowest BCUT2D eigenvalue weighted by Gasteiger charge is -2.11. The summed E-state index contributed by atoms with van der Waals surface area (Å²) in [7, 11) is 4.11. The number of hydrogen-bond donors (Lipinski definition) is 0. The first kappa shape index (κ1) is 21.1. The quantitative estimate of drug-likeness (QED) is 0.324. The maximum absolute atomic E-state index is 3.91. The van der Waals surface area contributed by atoms with Gasteiger partial charge in [-0.2, -0.15) is 4.57 Å². The molecule has 0 radical (unpaired) electrons. The molecule has 0 aliphatic heterocycles. The van der Waals surface area contributed by atoms with Crippen LogP contribution in [0.25, 0.3) is 21.9 Å². The van der Waals surface area contributed by atoms with Crippen molar-refractivity contribution in [1.82, 2.24) is 0 Å². The van der Waals surface area contributed by atoms with Gasteiger partial charge in [-0.1, -0.05) is 60.4 Å². The van der Waals surface area contributed by atoms with Crippen LogP contribution in [0.5, 0.6) is 0 Å². The van der Waals surface area contributed by atoms with E-state index in [2.05, 4.69) is 104 Å². The summed E-state index contributed by atoms with van der Waals surface area (Å²) in [5.74, 6) is 0. The molecule has 0 fully saturated rings. The van der Waals surface area contributed by atoms with Crippen LogP contribution in [-0.2, 0) is 6.54 Å². The highest BCUT2D eigenvalue weighted by Gasteiger charge is 2.19. The molecular weight excluding hydrogens is 416 g/mol. The molecule has 0 saturated carbocycles. The molecule has 0 atom stereocenters. The molecule has 4 heteroatoms. The minimum Gasteiger partial charge on any atom is -1.00 e. The Balaban J connectivity index is 0.00000261. The molecule has 0 unspecified atom stereocenters. The average molecular weight is 441 g/mol. The fourth-order valence-corrected chi connectivity index (χ4v) is 4.05. The number of fused-ring (bicyclic) bond motifs is 1. The summed E-state index contributed by atoms with van der Waals surface area (Å²) in [5.41, 5.74) is 4.94. The van der Waals surface area contributed by atoms with Crippen LogP contribution in [-0.4, -0.2) is 14.1 Å². The Kier molecular flexibility index (Phi) is 7.57. The highest BCUT2D eigenvalue weighted by molar-refractivity contribution is 7.19. The Hall–Kier alpha value is -2.17. The van der Waals surface area contributed by atoms with Crippen molar-refractivity contribution in [3.8, 4) is 0 Å². The zero-order valence-corrected chi connectivity index (χ0v) is 18.4. The number of allylic oxidation sites excluding steroid dienone is 4. The Bertz CT molecular complexity index is 966. The molecule has 1 aromatic heterocycles. The Morgan fingerprint density at radius 3 is 2.48 bits per heavy atom. The zero-order valence-electron chi connectivity index (χ0n) is 16.0. The van der Waals surface area contributed by atoms with Crippen molar-refractivity contribution in [1.29, 1.82) is 0 Å². The number of rotatable bonds is 6. The SMILES string of the molecule is C=CC[n+]1c(/C(C)=C/C=C/c2ccc(N(C)C)cc2)sc2ccccc21.[Br-]. The lowest BCUT2D eigenvalue weighted by Crippen LogP contribution is -3.00. The maximum Gasteiger partial charge on any atom is 0.265 e. The van der Waals surface area contributed by atoms with Gasteiger partial charge in [0, 0.05) is 31.4 Å². The van der Waals surface area contributed by atoms with Crippen molar-refractivity contribution < 1.29 is 21.5 Å². The third-order valence-electron chi connectivity index (χ3n) is 4.30. The van der Waals surface area contributed by atoms with Gasteiger partial charge in [0.1, 0.15) is 4.70 Å². The summed E-state index contributed by atoms with van der Waals surface area (Å²) < 4.78 is 3.64. The van der Waals surface area contributed by atoms with Crippen LogP contribution >= 0.6 is 11.3 Å². The van der Waals surface area contributed by atoms with Crippen LogP contribution in [0.15, 0.2) is 73.3 Å². The van der Waals surface area contributed by atoms with Gasteiger partial charge in [-0.05, 0) is 36.8 Å². The number of para-hydroxylation sites is 1. The zero-order chi connectivity index (χ0) is 18.5. The second-order valence-electron chi connectivity index (χ2n) is 6.47. The predicted molar refractivity (Wildman–Crippen MR) is 116 cm³/mol. The summed E-state index contributed by atoms with van der Waals surface area (Å²) in [5, 5.41) is 1.28. The number of aromatic nitrogens is 1. The summed E-state index contributed by atoms with van der Waals surface area (Å²) in [6.45, 7) is 6.90. The van der Waals surface area contributed by atoms with Gasteiger partial charge in [0.15, 0.2) is 6.54 Å². The van der Waals surface area contributed by atoms with Gasteiger partial charge in [-0.3, -0.25) is 0 Å². The monoisotopic (exact) mass is 440 g/mol. The van der Waals surface area contributed by atoms with Gasteiger partial charge in [0.05, 0.1) is 0 Å².